The van der Waals surface area contributed by atoms with Gasteiger partial charge in [-0.3, -0.25) is 4.79 Å². The van der Waals surface area contributed by atoms with Crippen molar-refractivity contribution in [3.05, 3.63) is 54.0 Å². The highest BCUT2D eigenvalue weighted by Crippen LogP contribution is 2.38. The summed E-state index contributed by atoms with van der Waals surface area (Å²) < 4.78 is 29.0. The highest BCUT2D eigenvalue weighted by atomic mass is 16.6. The quantitative estimate of drug-likeness (QED) is 0.204. The number of rotatable bonds is 9. The molecule has 4 heterocycles. The van der Waals surface area contributed by atoms with Gasteiger partial charge in [0.15, 0.2) is 11.5 Å². The first-order valence-corrected chi connectivity index (χ1v) is 14.9. The number of hydrogen-bond donors (Lipinski definition) is 3. The Morgan fingerprint density at radius 2 is 1.98 bits per heavy atom. The van der Waals surface area contributed by atoms with Crippen molar-refractivity contribution >= 4 is 39.7 Å². The predicted molar refractivity (Wildman–Crippen MR) is 164 cm³/mol. The molecule has 228 valence electrons. The SMILES string of the molecule is COc1cc(C(=O)NCC2COCCO2)ccc1Nc1nc(OC2CCCC2)c2c(-c3ccc4nc(C)oc4c3)c[nH]c2n1. The Morgan fingerprint density at radius 1 is 1.09 bits per heavy atom. The van der Waals surface area contributed by atoms with Crippen molar-refractivity contribution in [2.45, 2.75) is 44.8 Å². The second kappa shape index (κ2) is 12.1. The van der Waals surface area contributed by atoms with E-state index in [-0.39, 0.29) is 18.1 Å². The third kappa shape index (κ3) is 5.78. The number of aryl methyl sites for hydroxylation is 1. The first kappa shape index (κ1) is 28.1. The molecule has 7 rings (SSSR count). The number of amides is 1. The maximum absolute atomic E-state index is 12.8. The van der Waals surface area contributed by atoms with E-state index in [1.807, 2.05) is 31.3 Å². The molecular weight excluding hydrogens is 564 g/mol. The van der Waals surface area contributed by atoms with Gasteiger partial charge in [0.25, 0.3) is 5.91 Å². The molecule has 2 fully saturated rings. The topological polar surface area (TPSA) is 146 Å². The molecule has 1 saturated carbocycles. The molecule has 2 aliphatic rings. The summed E-state index contributed by atoms with van der Waals surface area (Å²) >= 11 is 0. The number of fused-ring (bicyclic) bond motifs is 2. The van der Waals surface area contributed by atoms with Gasteiger partial charge in [-0.2, -0.15) is 9.97 Å². The minimum Gasteiger partial charge on any atom is -0.495 e. The van der Waals surface area contributed by atoms with Crippen LogP contribution >= 0.6 is 0 Å². The van der Waals surface area contributed by atoms with E-state index in [2.05, 4.69) is 20.6 Å². The Hall–Kier alpha value is -4.68. The maximum atomic E-state index is 12.8. The Balaban J connectivity index is 1.18. The van der Waals surface area contributed by atoms with Crippen LogP contribution in [0.4, 0.5) is 11.6 Å². The molecule has 1 aliphatic carbocycles. The summed E-state index contributed by atoms with van der Waals surface area (Å²) in [6, 6.07) is 11.1. The number of aromatic amines is 1. The number of H-pyrrole nitrogens is 1. The van der Waals surface area contributed by atoms with Crippen molar-refractivity contribution in [2.75, 3.05) is 38.8 Å². The van der Waals surface area contributed by atoms with E-state index < -0.39 is 0 Å². The number of ether oxygens (including phenoxy) is 4. The van der Waals surface area contributed by atoms with Crippen molar-refractivity contribution in [3.63, 3.8) is 0 Å². The molecule has 1 saturated heterocycles. The number of nitrogens with one attached hydrogen (secondary N) is 3. The number of benzene rings is 2. The Morgan fingerprint density at radius 3 is 2.80 bits per heavy atom. The second-order valence-corrected chi connectivity index (χ2v) is 11.0. The van der Waals surface area contributed by atoms with Crippen LogP contribution in [0.3, 0.4) is 0 Å². The summed E-state index contributed by atoms with van der Waals surface area (Å²) in [5.74, 6) is 1.70. The van der Waals surface area contributed by atoms with E-state index in [4.69, 9.17) is 33.3 Å². The van der Waals surface area contributed by atoms with Crippen molar-refractivity contribution in [1.82, 2.24) is 25.3 Å². The largest absolute Gasteiger partial charge is 0.495 e. The third-order valence-corrected chi connectivity index (χ3v) is 7.97. The Bertz CT molecular complexity index is 1800. The van der Waals surface area contributed by atoms with Gasteiger partial charge in [0.1, 0.15) is 23.0 Å². The average Bonchev–Trinajstić information content (AvgIpc) is 3.80. The van der Waals surface area contributed by atoms with E-state index in [0.717, 1.165) is 47.7 Å². The molecule has 3 aromatic heterocycles. The van der Waals surface area contributed by atoms with E-state index in [1.165, 1.54) is 0 Å². The van der Waals surface area contributed by atoms with Gasteiger partial charge in [-0.25, -0.2) is 4.98 Å². The summed E-state index contributed by atoms with van der Waals surface area (Å²) in [6.45, 7) is 3.76. The molecule has 1 atom stereocenters. The van der Waals surface area contributed by atoms with Gasteiger partial charge in [-0.05, 0) is 61.6 Å². The smallest absolute Gasteiger partial charge is 0.251 e. The summed E-state index contributed by atoms with van der Waals surface area (Å²) in [6.07, 6.45) is 6.05. The lowest BCUT2D eigenvalue weighted by molar-refractivity contribution is -0.0855. The molecule has 1 unspecified atom stereocenters. The highest BCUT2D eigenvalue weighted by Gasteiger charge is 2.23. The van der Waals surface area contributed by atoms with E-state index in [1.54, 1.807) is 25.3 Å². The molecular formula is C32H34N6O6. The zero-order chi connectivity index (χ0) is 30.0. The molecule has 3 N–H and O–H groups in total. The molecule has 5 aromatic rings. The van der Waals surface area contributed by atoms with Crippen molar-refractivity contribution in [3.8, 4) is 22.8 Å². The summed E-state index contributed by atoms with van der Waals surface area (Å²) in [4.78, 5) is 30.2. The molecule has 12 heteroatoms. The van der Waals surface area contributed by atoms with Crippen LogP contribution in [0.5, 0.6) is 11.6 Å². The number of anilines is 2. The van der Waals surface area contributed by atoms with Gasteiger partial charge in [0.05, 0.1) is 44.1 Å². The average molecular weight is 599 g/mol. The molecule has 0 bridgehead atoms. The first-order valence-electron chi connectivity index (χ1n) is 14.9. The summed E-state index contributed by atoms with van der Waals surface area (Å²) in [5.41, 5.74) is 5.07. The Kier molecular flexibility index (Phi) is 7.75. The number of hydrogen-bond acceptors (Lipinski definition) is 10. The standard InChI is InChI=1S/C32H34N6O6/c1-18-35-25-9-7-19(13-27(25)43-18)23-16-33-29-28(23)31(44-21-5-3-4-6-21)38-32(37-29)36-24-10-8-20(14-26(24)40-2)30(39)34-15-22-17-41-11-12-42-22/h7-10,13-14,16,21-22H,3-6,11-12,15,17H2,1-2H3,(H,34,39)(H2,33,36,37,38). The molecule has 1 aliphatic heterocycles. The molecule has 0 spiro atoms. The fourth-order valence-electron chi connectivity index (χ4n) is 5.76. The van der Waals surface area contributed by atoms with Gasteiger partial charge >= 0.3 is 0 Å². The van der Waals surface area contributed by atoms with Crippen LogP contribution in [0.1, 0.15) is 41.9 Å². The lowest BCUT2D eigenvalue weighted by Gasteiger charge is -2.23. The molecule has 2 aromatic carbocycles. The maximum Gasteiger partial charge on any atom is 0.251 e. The summed E-state index contributed by atoms with van der Waals surface area (Å²) in [5, 5.41) is 6.97. The fraction of sp³-hybridized carbons (Fsp3) is 0.375. The fourth-order valence-corrected chi connectivity index (χ4v) is 5.76. The minimum absolute atomic E-state index is 0.0843. The lowest BCUT2D eigenvalue weighted by atomic mass is 10.1. The predicted octanol–water partition coefficient (Wildman–Crippen LogP) is 5.29. The van der Waals surface area contributed by atoms with Gasteiger partial charge in [0.2, 0.25) is 11.8 Å². The molecule has 1 amide bonds. The van der Waals surface area contributed by atoms with E-state index >= 15 is 0 Å². The number of methoxy groups -OCH3 is 1. The van der Waals surface area contributed by atoms with Crippen LogP contribution in [-0.2, 0) is 9.47 Å². The zero-order valence-electron chi connectivity index (χ0n) is 24.6. The lowest BCUT2D eigenvalue weighted by Crippen LogP contribution is -2.39. The number of nitrogens with zero attached hydrogens (tertiary/aromatic N) is 3. The monoisotopic (exact) mass is 598 g/mol. The van der Waals surface area contributed by atoms with Crippen LogP contribution in [0, 0.1) is 6.92 Å². The molecule has 12 nitrogen and oxygen atoms in total. The second-order valence-electron chi connectivity index (χ2n) is 11.0. The van der Waals surface area contributed by atoms with Crippen LogP contribution in [-0.4, -0.2) is 71.5 Å². The van der Waals surface area contributed by atoms with Gasteiger partial charge in [0, 0.05) is 30.8 Å². The van der Waals surface area contributed by atoms with Gasteiger partial charge < -0.3 is 39.0 Å². The summed E-state index contributed by atoms with van der Waals surface area (Å²) in [7, 11) is 1.55. The van der Waals surface area contributed by atoms with Gasteiger partial charge in [-0.15, -0.1) is 0 Å². The molecule has 0 radical (unpaired) electrons. The van der Waals surface area contributed by atoms with Crippen molar-refractivity contribution < 1.29 is 28.2 Å². The number of carbonyl (C=O) groups is 1. The van der Waals surface area contributed by atoms with Crippen LogP contribution in [0.2, 0.25) is 0 Å². The zero-order valence-corrected chi connectivity index (χ0v) is 24.6. The Labute approximate surface area is 253 Å². The number of carbonyl (C=O) groups excluding carboxylic acids is 1. The number of oxazole rings is 1. The minimum atomic E-state index is -0.230. The van der Waals surface area contributed by atoms with Crippen LogP contribution < -0.4 is 20.1 Å². The number of aromatic nitrogens is 4. The highest BCUT2D eigenvalue weighted by molar-refractivity contribution is 5.99. The van der Waals surface area contributed by atoms with E-state index in [9.17, 15) is 4.79 Å². The van der Waals surface area contributed by atoms with Crippen LogP contribution in [0.25, 0.3) is 33.3 Å². The van der Waals surface area contributed by atoms with E-state index in [0.29, 0.717) is 72.3 Å². The van der Waals surface area contributed by atoms with Gasteiger partial charge in [-0.1, -0.05) is 6.07 Å². The molecule has 44 heavy (non-hydrogen) atoms. The van der Waals surface area contributed by atoms with Crippen molar-refractivity contribution in [1.29, 1.82) is 0 Å². The van der Waals surface area contributed by atoms with Crippen molar-refractivity contribution in [2.24, 2.45) is 0 Å². The normalized spacial score (nSPS) is 17.3. The third-order valence-electron chi connectivity index (χ3n) is 7.97. The van der Waals surface area contributed by atoms with Crippen LogP contribution in [0.15, 0.2) is 47.0 Å². The first-order chi connectivity index (χ1) is 21.5.